The Morgan fingerprint density at radius 3 is 2.00 bits per heavy atom. The molecule has 1 saturated heterocycles. The van der Waals surface area contributed by atoms with E-state index in [-0.39, 0.29) is 0 Å². The second-order valence-electron chi connectivity index (χ2n) is 4.12. The molecule has 1 aliphatic heterocycles. The summed E-state index contributed by atoms with van der Waals surface area (Å²) in [5.74, 6) is 0.869. The molecule has 0 bridgehead atoms. The maximum Gasteiger partial charge on any atom is 0.0110 e. The lowest BCUT2D eigenvalue weighted by atomic mass is 10.1. The van der Waals surface area contributed by atoms with E-state index in [4.69, 9.17) is 0 Å². The summed E-state index contributed by atoms with van der Waals surface area (Å²) in [4.78, 5) is 5.00. The zero-order valence-electron chi connectivity index (χ0n) is 10.7. The number of hydrogen-bond acceptors (Lipinski definition) is 2. The number of nitrogens with zero attached hydrogens (tertiary/aromatic N) is 2. The van der Waals surface area contributed by atoms with E-state index >= 15 is 0 Å². The van der Waals surface area contributed by atoms with E-state index in [1.165, 1.54) is 39.1 Å². The Morgan fingerprint density at radius 1 is 1.07 bits per heavy atom. The summed E-state index contributed by atoms with van der Waals surface area (Å²) in [5, 5.41) is 0. The van der Waals surface area contributed by atoms with Gasteiger partial charge in [0.15, 0.2) is 0 Å². The van der Waals surface area contributed by atoms with Gasteiger partial charge in [0.1, 0.15) is 0 Å². The fourth-order valence-electron chi connectivity index (χ4n) is 1.60. The molecule has 14 heavy (non-hydrogen) atoms. The molecular weight excluding hydrogens is 172 g/mol. The summed E-state index contributed by atoms with van der Waals surface area (Å²) in [6.45, 7) is 14.9. The van der Waals surface area contributed by atoms with E-state index in [1.807, 2.05) is 13.8 Å². The van der Waals surface area contributed by atoms with E-state index in [9.17, 15) is 0 Å². The molecule has 0 saturated carbocycles. The van der Waals surface area contributed by atoms with Crippen molar-refractivity contribution in [2.45, 2.75) is 34.1 Å². The van der Waals surface area contributed by atoms with E-state index in [0.717, 1.165) is 5.92 Å². The Hall–Kier alpha value is -0.0800. The molecule has 1 heterocycles. The number of rotatable bonds is 3. The molecule has 2 heteroatoms. The molecule has 1 atom stereocenters. The quantitative estimate of drug-likeness (QED) is 0.690. The van der Waals surface area contributed by atoms with Gasteiger partial charge in [0.05, 0.1) is 0 Å². The number of piperazine rings is 1. The van der Waals surface area contributed by atoms with Crippen LogP contribution in [-0.2, 0) is 0 Å². The van der Waals surface area contributed by atoms with Gasteiger partial charge >= 0.3 is 0 Å². The Labute approximate surface area is 90.3 Å². The molecule has 0 N–H and O–H groups in total. The lowest BCUT2D eigenvalue weighted by Crippen LogP contribution is -2.45. The average Bonchev–Trinajstić information content (AvgIpc) is 2.24. The van der Waals surface area contributed by atoms with Crippen LogP contribution in [0.15, 0.2) is 0 Å². The fourth-order valence-corrected chi connectivity index (χ4v) is 1.60. The summed E-state index contributed by atoms with van der Waals surface area (Å²) in [6, 6.07) is 0. The van der Waals surface area contributed by atoms with Crippen LogP contribution in [0.3, 0.4) is 0 Å². The molecule has 0 aromatic rings. The van der Waals surface area contributed by atoms with Gasteiger partial charge < -0.3 is 9.80 Å². The van der Waals surface area contributed by atoms with Gasteiger partial charge in [0, 0.05) is 32.7 Å². The summed E-state index contributed by atoms with van der Waals surface area (Å²) >= 11 is 0. The van der Waals surface area contributed by atoms with Crippen molar-refractivity contribution in [2.24, 2.45) is 5.92 Å². The zero-order valence-corrected chi connectivity index (χ0v) is 10.7. The van der Waals surface area contributed by atoms with Crippen LogP contribution < -0.4 is 0 Å². The molecule has 0 amide bonds. The lowest BCUT2D eigenvalue weighted by molar-refractivity contribution is 0.138. The molecule has 1 rings (SSSR count). The highest BCUT2D eigenvalue weighted by Gasteiger charge is 2.14. The van der Waals surface area contributed by atoms with Crippen molar-refractivity contribution in [3.8, 4) is 0 Å². The SMILES string of the molecule is CC.CC[C@H](C)CN1CCN(C)CC1. The van der Waals surface area contributed by atoms with Crippen molar-refractivity contribution in [2.75, 3.05) is 39.8 Å². The van der Waals surface area contributed by atoms with E-state index in [2.05, 4.69) is 30.7 Å². The smallest absolute Gasteiger partial charge is 0.0110 e. The monoisotopic (exact) mass is 200 g/mol. The average molecular weight is 200 g/mol. The van der Waals surface area contributed by atoms with Gasteiger partial charge in [-0.25, -0.2) is 0 Å². The second-order valence-corrected chi connectivity index (χ2v) is 4.12. The van der Waals surface area contributed by atoms with Crippen LogP contribution in [-0.4, -0.2) is 49.6 Å². The molecule has 0 radical (unpaired) electrons. The Bertz CT molecular complexity index is 117. The highest BCUT2D eigenvalue weighted by Crippen LogP contribution is 2.06. The van der Waals surface area contributed by atoms with Crippen LogP contribution in [0.4, 0.5) is 0 Å². The third-order valence-electron chi connectivity index (χ3n) is 2.86. The van der Waals surface area contributed by atoms with E-state index in [0.29, 0.717) is 0 Å². The van der Waals surface area contributed by atoms with Crippen molar-refractivity contribution >= 4 is 0 Å². The van der Waals surface area contributed by atoms with Crippen molar-refractivity contribution < 1.29 is 0 Å². The van der Waals surface area contributed by atoms with Gasteiger partial charge in [0.2, 0.25) is 0 Å². The first kappa shape index (κ1) is 13.9. The molecule has 0 aliphatic carbocycles. The van der Waals surface area contributed by atoms with Crippen molar-refractivity contribution in [3.63, 3.8) is 0 Å². The topological polar surface area (TPSA) is 6.48 Å². The van der Waals surface area contributed by atoms with Crippen molar-refractivity contribution in [3.05, 3.63) is 0 Å². The first-order chi connectivity index (χ1) is 6.72. The molecule has 0 aromatic heterocycles. The van der Waals surface area contributed by atoms with Crippen LogP contribution in [0.1, 0.15) is 34.1 Å². The van der Waals surface area contributed by atoms with Gasteiger partial charge in [-0.05, 0) is 13.0 Å². The predicted octanol–water partition coefficient (Wildman–Crippen LogP) is 2.31. The maximum absolute atomic E-state index is 2.59. The van der Waals surface area contributed by atoms with Crippen molar-refractivity contribution in [1.29, 1.82) is 0 Å². The summed E-state index contributed by atoms with van der Waals surface area (Å²) < 4.78 is 0. The minimum atomic E-state index is 0.869. The fraction of sp³-hybridized carbons (Fsp3) is 1.00. The molecule has 1 aliphatic rings. The second kappa shape index (κ2) is 8.25. The lowest BCUT2D eigenvalue weighted by Gasteiger charge is -2.33. The normalized spacial score (nSPS) is 21.2. The number of hydrogen-bond donors (Lipinski definition) is 0. The van der Waals surface area contributed by atoms with Crippen molar-refractivity contribution in [1.82, 2.24) is 9.80 Å². The molecule has 1 fully saturated rings. The summed E-state index contributed by atoms with van der Waals surface area (Å²) in [7, 11) is 2.21. The third-order valence-corrected chi connectivity index (χ3v) is 2.86. The van der Waals surface area contributed by atoms with Gasteiger partial charge in [-0.3, -0.25) is 0 Å². The first-order valence-corrected chi connectivity index (χ1v) is 6.13. The molecule has 86 valence electrons. The molecular formula is C12H28N2. The molecule has 0 spiro atoms. The van der Waals surface area contributed by atoms with Crippen LogP contribution in [0.2, 0.25) is 0 Å². The van der Waals surface area contributed by atoms with Gasteiger partial charge in [-0.1, -0.05) is 34.1 Å². The largest absolute Gasteiger partial charge is 0.304 e. The highest BCUT2D eigenvalue weighted by atomic mass is 15.2. The van der Waals surface area contributed by atoms with Crippen LogP contribution in [0.5, 0.6) is 0 Å². The summed E-state index contributed by atoms with van der Waals surface area (Å²) in [5.41, 5.74) is 0. The first-order valence-electron chi connectivity index (χ1n) is 6.13. The van der Waals surface area contributed by atoms with Gasteiger partial charge in [-0.15, -0.1) is 0 Å². The Morgan fingerprint density at radius 2 is 1.57 bits per heavy atom. The Balaban J connectivity index is 0.000000791. The van der Waals surface area contributed by atoms with E-state index in [1.54, 1.807) is 0 Å². The zero-order chi connectivity index (χ0) is 11.0. The Kier molecular flexibility index (Phi) is 8.20. The van der Waals surface area contributed by atoms with Gasteiger partial charge in [-0.2, -0.15) is 0 Å². The van der Waals surface area contributed by atoms with Gasteiger partial charge in [0.25, 0.3) is 0 Å². The maximum atomic E-state index is 2.59. The number of likely N-dealkylation sites (N-methyl/N-ethyl adjacent to an activating group) is 1. The summed E-state index contributed by atoms with van der Waals surface area (Å²) in [6.07, 6.45) is 1.31. The third kappa shape index (κ3) is 5.61. The molecule has 2 nitrogen and oxygen atoms in total. The molecule has 0 unspecified atom stereocenters. The van der Waals surface area contributed by atoms with Crippen LogP contribution in [0, 0.1) is 5.92 Å². The van der Waals surface area contributed by atoms with Crippen LogP contribution >= 0.6 is 0 Å². The molecule has 0 aromatic carbocycles. The predicted molar refractivity (Wildman–Crippen MR) is 64.7 cm³/mol. The minimum Gasteiger partial charge on any atom is -0.304 e. The van der Waals surface area contributed by atoms with E-state index < -0.39 is 0 Å². The van der Waals surface area contributed by atoms with Crippen LogP contribution in [0.25, 0.3) is 0 Å². The highest BCUT2D eigenvalue weighted by molar-refractivity contribution is 4.70. The standard InChI is InChI=1S/C10H22N2.C2H6/c1-4-10(2)9-12-7-5-11(3)6-8-12;1-2/h10H,4-9H2,1-3H3;1-2H3/t10-;/m0./s1. The minimum absolute atomic E-state index is 0.869.